The highest BCUT2D eigenvalue weighted by Crippen LogP contribution is 2.40. The van der Waals surface area contributed by atoms with Crippen molar-refractivity contribution in [3.8, 4) is 21.4 Å². The van der Waals surface area contributed by atoms with Gasteiger partial charge in [-0.2, -0.15) is 0 Å². The Bertz CT molecular complexity index is 1400. The topological polar surface area (TPSA) is 69.0 Å². The molecule has 0 radical (unpaired) electrons. The molecule has 0 aliphatic carbocycles. The van der Waals surface area contributed by atoms with E-state index in [1.54, 1.807) is 42.1 Å². The highest BCUT2D eigenvalue weighted by molar-refractivity contribution is 7.25. The molecule has 0 aliphatic rings. The molecular formula is C22H18N4O2S2. The number of ether oxygens (including phenoxy) is 1. The zero-order valence-corrected chi connectivity index (χ0v) is 18.2. The zero-order chi connectivity index (χ0) is 20.8. The smallest absolute Gasteiger partial charge is 0.253 e. The van der Waals surface area contributed by atoms with Gasteiger partial charge < -0.3 is 14.6 Å². The van der Waals surface area contributed by atoms with E-state index in [2.05, 4.69) is 15.3 Å². The lowest BCUT2D eigenvalue weighted by atomic mass is 10.1. The van der Waals surface area contributed by atoms with Crippen molar-refractivity contribution in [2.45, 2.75) is 6.92 Å². The molecule has 0 atom stereocenters. The van der Waals surface area contributed by atoms with Gasteiger partial charge in [0.1, 0.15) is 16.5 Å². The molecule has 1 N–H and O–H groups in total. The van der Waals surface area contributed by atoms with Crippen molar-refractivity contribution in [2.24, 2.45) is 7.05 Å². The molecule has 1 aromatic carbocycles. The molecule has 150 valence electrons. The maximum absolute atomic E-state index is 12.3. The summed E-state index contributed by atoms with van der Waals surface area (Å²) in [4.78, 5) is 22.3. The highest BCUT2D eigenvalue weighted by atomic mass is 32.1. The van der Waals surface area contributed by atoms with E-state index in [-0.39, 0.29) is 5.91 Å². The number of nitrogens with zero attached hydrogens (tertiary/aromatic N) is 3. The third kappa shape index (κ3) is 2.96. The summed E-state index contributed by atoms with van der Waals surface area (Å²) in [6.07, 6.45) is 3.56. The number of carbonyl (C=O) groups excluding carboxylic acids is 1. The van der Waals surface area contributed by atoms with E-state index in [0.717, 1.165) is 42.4 Å². The number of thiophene rings is 1. The number of hydrogen-bond acceptors (Lipinski definition) is 6. The first-order valence-corrected chi connectivity index (χ1v) is 11.0. The monoisotopic (exact) mass is 434 g/mol. The predicted octanol–water partition coefficient (Wildman–Crippen LogP) is 5.37. The summed E-state index contributed by atoms with van der Waals surface area (Å²) in [5.41, 5.74) is 3.45. The van der Waals surface area contributed by atoms with Crippen LogP contribution in [0.5, 0.6) is 11.5 Å². The van der Waals surface area contributed by atoms with Crippen LogP contribution in [0.3, 0.4) is 0 Å². The SMILES string of the molecule is CNC(=O)c1c(C)n(C)c2cc(Oc3ccnc4cc(-c5nccs5)sc34)ccc12. The van der Waals surface area contributed by atoms with Gasteiger partial charge >= 0.3 is 0 Å². The molecule has 1 amide bonds. The van der Waals surface area contributed by atoms with Crippen LogP contribution in [0, 0.1) is 6.92 Å². The fraction of sp³-hybridized carbons (Fsp3) is 0.136. The molecule has 0 bridgehead atoms. The van der Waals surface area contributed by atoms with Crippen molar-refractivity contribution in [3.05, 3.63) is 59.4 Å². The van der Waals surface area contributed by atoms with Gasteiger partial charge in [0, 0.05) is 55.1 Å². The minimum atomic E-state index is -0.0871. The molecule has 6 nitrogen and oxygen atoms in total. The van der Waals surface area contributed by atoms with Gasteiger partial charge in [-0.3, -0.25) is 9.78 Å². The van der Waals surface area contributed by atoms with Crippen molar-refractivity contribution in [1.29, 1.82) is 0 Å². The number of nitrogens with one attached hydrogen (secondary N) is 1. The fourth-order valence-electron chi connectivity index (χ4n) is 3.59. The Morgan fingerprint density at radius 3 is 2.80 bits per heavy atom. The highest BCUT2D eigenvalue weighted by Gasteiger charge is 2.18. The quantitative estimate of drug-likeness (QED) is 0.413. The van der Waals surface area contributed by atoms with Gasteiger partial charge in [0.25, 0.3) is 5.91 Å². The Kier molecular flexibility index (Phi) is 4.52. The number of rotatable bonds is 4. The maximum atomic E-state index is 12.3. The van der Waals surface area contributed by atoms with Crippen LogP contribution >= 0.6 is 22.7 Å². The lowest BCUT2D eigenvalue weighted by Crippen LogP contribution is -2.18. The van der Waals surface area contributed by atoms with Crippen LogP contribution in [0.25, 0.3) is 31.0 Å². The summed E-state index contributed by atoms with van der Waals surface area (Å²) in [5, 5.41) is 6.57. The molecular weight excluding hydrogens is 416 g/mol. The minimum Gasteiger partial charge on any atom is -0.456 e. The molecule has 4 aromatic heterocycles. The Balaban J connectivity index is 1.57. The molecule has 5 aromatic rings. The van der Waals surface area contributed by atoms with E-state index >= 15 is 0 Å². The lowest BCUT2D eigenvalue weighted by Gasteiger charge is -2.07. The average molecular weight is 435 g/mol. The molecule has 0 spiro atoms. The number of carbonyl (C=O) groups is 1. The van der Waals surface area contributed by atoms with E-state index in [4.69, 9.17) is 4.74 Å². The van der Waals surface area contributed by atoms with Gasteiger partial charge in [-0.15, -0.1) is 22.7 Å². The Labute approximate surface area is 180 Å². The Morgan fingerprint density at radius 2 is 2.03 bits per heavy atom. The van der Waals surface area contributed by atoms with Crippen molar-refractivity contribution in [1.82, 2.24) is 19.9 Å². The second-order valence-electron chi connectivity index (χ2n) is 6.85. The standard InChI is InChI=1S/C22H18N4O2S2/c1-12-19(21(27)23-2)14-5-4-13(10-16(14)26(12)3)28-17-6-7-24-15-11-18(30-20(15)17)22-25-8-9-29-22/h4-11H,1-3H3,(H,23,27). The molecule has 5 rings (SSSR count). The molecule has 0 saturated heterocycles. The third-order valence-electron chi connectivity index (χ3n) is 5.17. The van der Waals surface area contributed by atoms with E-state index in [9.17, 15) is 4.79 Å². The molecule has 0 unspecified atom stereocenters. The lowest BCUT2D eigenvalue weighted by molar-refractivity contribution is 0.0964. The first-order valence-electron chi connectivity index (χ1n) is 9.34. The van der Waals surface area contributed by atoms with Crippen LogP contribution in [0.2, 0.25) is 0 Å². The fourth-order valence-corrected chi connectivity index (χ4v) is 5.37. The second kappa shape index (κ2) is 7.23. The van der Waals surface area contributed by atoms with Crippen LogP contribution in [0.15, 0.2) is 48.1 Å². The van der Waals surface area contributed by atoms with Crippen LogP contribution < -0.4 is 10.1 Å². The number of amides is 1. The largest absolute Gasteiger partial charge is 0.456 e. The number of pyridine rings is 1. The van der Waals surface area contributed by atoms with Gasteiger partial charge in [-0.25, -0.2) is 4.98 Å². The number of thiazole rings is 1. The average Bonchev–Trinajstić information content (AvgIpc) is 3.48. The summed E-state index contributed by atoms with van der Waals surface area (Å²) < 4.78 is 9.26. The van der Waals surface area contributed by atoms with Gasteiger partial charge in [-0.1, -0.05) is 0 Å². The van der Waals surface area contributed by atoms with Gasteiger partial charge in [-0.05, 0) is 25.1 Å². The van der Waals surface area contributed by atoms with Crippen molar-refractivity contribution >= 4 is 49.7 Å². The van der Waals surface area contributed by atoms with Crippen LogP contribution in [0.4, 0.5) is 0 Å². The summed E-state index contributed by atoms with van der Waals surface area (Å²) in [6, 6.07) is 9.73. The molecule has 8 heteroatoms. The van der Waals surface area contributed by atoms with Crippen LogP contribution in [-0.2, 0) is 7.05 Å². The number of fused-ring (bicyclic) bond motifs is 2. The summed E-state index contributed by atoms with van der Waals surface area (Å²) in [5.74, 6) is 1.38. The molecule has 0 aliphatic heterocycles. The summed E-state index contributed by atoms with van der Waals surface area (Å²) in [6.45, 7) is 1.95. The summed E-state index contributed by atoms with van der Waals surface area (Å²) in [7, 11) is 3.60. The maximum Gasteiger partial charge on any atom is 0.253 e. The second-order valence-corrected chi connectivity index (χ2v) is 8.80. The number of hydrogen-bond donors (Lipinski definition) is 1. The first kappa shape index (κ1) is 18.8. The van der Waals surface area contributed by atoms with Crippen molar-refractivity contribution in [2.75, 3.05) is 7.05 Å². The van der Waals surface area contributed by atoms with Crippen molar-refractivity contribution in [3.63, 3.8) is 0 Å². The predicted molar refractivity (Wildman–Crippen MR) is 122 cm³/mol. The zero-order valence-electron chi connectivity index (χ0n) is 16.6. The number of aryl methyl sites for hydroxylation is 1. The number of aromatic nitrogens is 3. The van der Waals surface area contributed by atoms with E-state index in [1.165, 1.54) is 0 Å². The molecule has 0 saturated carbocycles. The Hall–Kier alpha value is -3.23. The molecule has 30 heavy (non-hydrogen) atoms. The Morgan fingerprint density at radius 1 is 1.17 bits per heavy atom. The van der Waals surface area contributed by atoms with Gasteiger partial charge in [0.05, 0.1) is 26.2 Å². The molecule has 4 heterocycles. The van der Waals surface area contributed by atoms with E-state index in [1.807, 2.05) is 54.3 Å². The van der Waals surface area contributed by atoms with E-state index in [0.29, 0.717) is 11.3 Å². The third-order valence-corrected chi connectivity index (χ3v) is 7.25. The minimum absolute atomic E-state index is 0.0871. The van der Waals surface area contributed by atoms with Gasteiger partial charge in [0.2, 0.25) is 0 Å². The van der Waals surface area contributed by atoms with Crippen LogP contribution in [0.1, 0.15) is 16.1 Å². The molecule has 0 fully saturated rings. The van der Waals surface area contributed by atoms with Crippen molar-refractivity contribution < 1.29 is 9.53 Å². The summed E-state index contributed by atoms with van der Waals surface area (Å²) >= 11 is 3.23. The van der Waals surface area contributed by atoms with E-state index < -0.39 is 0 Å². The normalized spacial score (nSPS) is 11.3. The van der Waals surface area contributed by atoms with Gasteiger partial charge in [0.15, 0.2) is 0 Å². The van der Waals surface area contributed by atoms with Crippen LogP contribution in [-0.4, -0.2) is 27.5 Å². The number of benzene rings is 1. The first-order chi connectivity index (χ1) is 14.6.